The molecular weight excluding hydrogens is 291 g/mol. The van der Waals surface area contributed by atoms with Gasteiger partial charge in [-0.3, -0.25) is 0 Å². The predicted molar refractivity (Wildman–Crippen MR) is 58.2 cm³/mol. The first-order valence-electron chi connectivity index (χ1n) is 4.86. The van der Waals surface area contributed by atoms with Crippen LogP contribution in [0.3, 0.4) is 0 Å². The van der Waals surface area contributed by atoms with Gasteiger partial charge in [-0.2, -0.15) is 22.0 Å². The molecular formula is C11H5F5O2S. The van der Waals surface area contributed by atoms with Crippen molar-refractivity contribution in [1.82, 2.24) is 0 Å². The Morgan fingerprint density at radius 2 is 1.79 bits per heavy atom. The molecule has 2 aromatic heterocycles. The maximum absolute atomic E-state index is 13.2. The lowest BCUT2D eigenvalue weighted by atomic mass is 10.1. The highest BCUT2D eigenvalue weighted by molar-refractivity contribution is 7.13. The summed E-state index contributed by atoms with van der Waals surface area (Å²) < 4.78 is 67.7. The molecule has 2 nitrogen and oxygen atoms in total. The second-order valence-corrected chi connectivity index (χ2v) is 4.53. The van der Waals surface area contributed by atoms with Gasteiger partial charge in [0.2, 0.25) is 0 Å². The summed E-state index contributed by atoms with van der Waals surface area (Å²) >= 11 is 1.05. The highest BCUT2D eigenvalue weighted by atomic mass is 32.1. The predicted octanol–water partition coefficient (Wildman–Crippen LogP) is 4.02. The fourth-order valence-corrected chi connectivity index (χ4v) is 2.04. The van der Waals surface area contributed by atoms with Crippen molar-refractivity contribution in [1.29, 1.82) is 0 Å². The SMILES string of the molecule is O=c1cc(C(F)(F)C(F)(F)F)cc(-c2cccs2)o1. The highest BCUT2D eigenvalue weighted by Gasteiger charge is 2.59. The monoisotopic (exact) mass is 296 g/mol. The van der Waals surface area contributed by atoms with Crippen LogP contribution in [0.4, 0.5) is 22.0 Å². The number of halogens is 5. The first-order valence-corrected chi connectivity index (χ1v) is 5.74. The molecule has 102 valence electrons. The first-order chi connectivity index (χ1) is 8.72. The van der Waals surface area contributed by atoms with Gasteiger partial charge in [-0.25, -0.2) is 4.79 Å². The van der Waals surface area contributed by atoms with Crippen molar-refractivity contribution in [3.63, 3.8) is 0 Å². The Morgan fingerprint density at radius 1 is 1.11 bits per heavy atom. The highest BCUT2D eigenvalue weighted by Crippen LogP contribution is 2.44. The van der Waals surface area contributed by atoms with Gasteiger partial charge in [-0.05, 0) is 17.5 Å². The first kappa shape index (κ1) is 13.7. The maximum atomic E-state index is 13.2. The zero-order chi connectivity index (χ0) is 14.3. The van der Waals surface area contributed by atoms with Crippen molar-refractivity contribution < 1.29 is 26.4 Å². The van der Waals surface area contributed by atoms with Crippen LogP contribution in [0.2, 0.25) is 0 Å². The van der Waals surface area contributed by atoms with Crippen LogP contribution in [0.1, 0.15) is 5.56 Å². The summed E-state index contributed by atoms with van der Waals surface area (Å²) in [5.74, 6) is -5.42. The zero-order valence-corrected chi connectivity index (χ0v) is 9.82. The van der Waals surface area contributed by atoms with E-state index in [2.05, 4.69) is 4.42 Å². The normalized spacial score (nSPS) is 12.7. The molecule has 0 fully saturated rings. The molecule has 0 bridgehead atoms. The third-order valence-electron chi connectivity index (χ3n) is 2.25. The number of hydrogen-bond acceptors (Lipinski definition) is 3. The van der Waals surface area contributed by atoms with Gasteiger partial charge >= 0.3 is 17.7 Å². The molecule has 2 aromatic rings. The van der Waals surface area contributed by atoms with Gasteiger partial charge in [-0.1, -0.05) is 6.07 Å². The molecule has 0 aliphatic heterocycles. The molecule has 0 amide bonds. The number of rotatable bonds is 2. The molecule has 19 heavy (non-hydrogen) atoms. The summed E-state index contributed by atoms with van der Waals surface area (Å²) in [5, 5.41) is 1.57. The summed E-state index contributed by atoms with van der Waals surface area (Å²) in [6.45, 7) is 0. The van der Waals surface area contributed by atoms with E-state index in [0.29, 0.717) is 6.07 Å². The molecule has 0 atom stereocenters. The van der Waals surface area contributed by atoms with E-state index in [9.17, 15) is 26.7 Å². The van der Waals surface area contributed by atoms with Crippen LogP contribution in [-0.2, 0) is 5.92 Å². The number of hydrogen-bond donors (Lipinski definition) is 0. The van der Waals surface area contributed by atoms with Gasteiger partial charge in [0.05, 0.1) is 4.88 Å². The summed E-state index contributed by atoms with van der Waals surface area (Å²) in [7, 11) is 0. The molecule has 0 aliphatic rings. The summed E-state index contributed by atoms with van der Waals surface area (Å²) in [6.07, 6.45) is -5.77. The van der Waals surface area contributed by atoms with Crippen LogP contribution in [0, 0.1) is 0 Å². The van der Waals surface area contributed by atoms with E-state index in [4.69, 9.17) is 0 Å². The lowest BCUT2D eigenvalue weighted by molar-refractivity contribution is -0.289. The third kappa shape index (κ3) is 2.53. The smallest absolute Gasteiger partial charge is 0.422 e. The lowest BCUT2D eigenvalue weighted by Crippen LogP contribution is -2.34. The topological polar surface area (TPSA) is 30.2 Å². The quantitative estimate of drug-likeness (QED) is 0.783. The molecule has 0 N–H and O–H groups in total. The van der Waals surface area contributed by atoms with Gasteiger partial charge in [0.15, 0.2) is 0 Å². The lowest BCUT2D eigenvalue weighted by Gasteiger charge is -2.19. The van der Waals surface area contributed by atoms with E-state index in [1.165, 1.54) is 6.07 Å². The summed E-state index contributed by atoms with van der Waals surface area (Å²) in [6, 6.07) is 3.67. The Labute approximate surface area is 107 Å². The molecule has 0 spiro atoms. The Morgan fingerprint density at radius 3 is 2.32 bits per heavy atom. The van der Waals surface area contributed by atoms with Gasteiger partial charge < -0.3 is 4.42 Å². The van der Waals surface area contributed by atoms with Gasteiger partial charge in [-0.15, -0.1) is 11.3 Å². The van der Waals surface area contributed by atoms with Crippen LogP contribution in [0.25, 0.3) is 10.6 Å². The molecule has 2 rings (SSSR count). The standard InChI is InChI=1S/C11H5F5O2S/c12-10(13,11(14,15)16)6-4-7(18-9(17)5-6)8-2-1-3-19-8/h1-5H. The Balaban J connectivity index is 2.58. The van der Waals surface area contributed by atoms with E-state index in [1.807, 2.05) is 0 Å². The molecule has 0 unspecified atom stereocenters. The van der Waals surface area contributed by atoms with E-state index in [0.717, 1.165) is 11.3 Å². The number of thiophene rings is 1. The summed E-state index contributed by atoms with van der Waals surface area (Å²) in [5.41, 5.74) is -2.69. The zero-order valence-electron chi connectivity index (χ0n) is 9.00. The maximum Gasteiger partial charge on any atom is 0.458 e. The fourth-order valence-electron chi connectivity index (χ4n) is 1.36. The van der Waals surface area contributed by atoms with Crippen molar-refractivity contribution >= 4 is 11.3 Å². The third-order valence-corrected chi connectivity index (χ3v) is 3.14. The second-order valence-electron chi connectivity index (χ2n) is 3.58. The number of alkyl halides is 5. The van der Waals surface area contributed by atoms with Crippen LogP contribution in [0.15, 0.2) is 38.9 Å². The largest absolute Gasteiger partial charge is 0.458 e. The molecule has 0 saturated carbocycles. The molecule has 0 saturated heterocycles. The van der Waals surface area contributed by atoms with Gasteiger partial charge in [0, 0.05) is 11.6 Å². The minimum absolute atomic E-state index is 0.143. The van der Waals surface area contributed by atoms with E-state index in [1.54, 1.807) is 11.4 Å². The summed E-state index contributed by atoms with van der Waals surface area (Å²) in [4.78, 5) is 11.4. The fraction of sp³-hybridized carbons (Fsp3) is 0.182. The van der Waals surface area contributed by atoms with Gasteiger partial charge in [0.1, 0.15) is 5.76 Å². The molecule has 2 heterocycles. The molecule has 0 aromatic carbocycles. The van der Waals surface area contributed by atoms with Gasteiger partial charge in [0.25, 0.3) is 0 Å². The average Bonchev–Trinajstić information content (AvgIpc) is 2.79. The van der Waals surface area contributed by atoms with Crippen molar-refractivity contribution in [3.05, 3.63) is 45.6 Å². The van der Waals surface area contributed by atoms with Crippen molar-refractivity contribution in [2.24, 2.45) is 0 Å². The molecule has 0 aliphatic carbocycles. The minimum atomic E-state index is -5.77. The van der Waals surface area contributed by atoms with Crippen molar-refractivity contribution in [2.75, 3.05) is 0 Å². The molecule has 0 radical (unpaired) electrons. The minimum Gasteiger partial charge on any atom is -0.422 e. The Hall–Kier alpha value is -1.70. The van der Waals surface area contributed by atoms with Crippen LogP contribution in [0.5, 0.6) is 0 Å². The van der Waals surface area contributed by atoms with E-state index >= 15 is 0 Å². The van der Waals surface area contributed by atoms with Crippen molar-refractivity contribution in [2.45, 2.75) is 12.1 Å². The molecule has 8 heteroatoms. The second kappa shape index (κ2) is 4.44. The van der Waals surface area contributed by atoms with Crippen molar-refractivity contribution in [3.8, 4) is 10.6 Å². The van der Waals surface area contributed by atoms with Crippen LogP contribution < -0.4 is 5.63 Å². The van der Waals surface area contributed by atoms with E-state index < -0.39 is 23.3 Å². The van der Waals surface area contributed by atoms with E-state index in [-0.39, 0.29) is 16.7 Å². The Kier molecular flexibility index (Phi) is 3.21. The van der Waals surface area contributed by atoms with Crippen LogP contribution in [-0.4, -0.2) is 6.18 Å². The Bertz CT molecular complexity index is 627. The average molecular weight is 296 g/mol. The van der Waals surface area contributed by atoms with Crippen LogP contribution >= 0.6 is 11.3 Å².